The lowest BCUT2D eigenvalue weighted by molar-refractivity contribution is -0.128. The Labute approximate surface area is 114 Å². The van der Waals surface area contributed by atoms with Gasteiger partial charge in [-0.05, 0) is 19.4 Å². The van der Waals surface area contributed by atoms with E-state index in [9.17, 15) is 9.59 Å². The van der Waals surface area contributed by atoms with Crippen LogP contribution in [0, 0.1) is 5.92 Å². The van der Waals surface area contributed by atoms with Crippen molar-refractivity contribution in [1.82, 2.24) is 16.0 Å². The highest BCUT2D eigenvalue weighted by atomic mass is 16.5. The van der Waals surface area contributed by atoms with Crippen LogP contribution in [0.25, 0.3) is 0 Å². The zero-order chi connectivity index (χ0) is 14.1. The normalized spacial score (nSPS) is 22.2. The molecule has 3 N–H and O–H groups in total. The Morgan fingerprint density at radius 3 is 2.53 bits per heavy atom. The molecule has 0 aromatic carbocycles. The maximum Gasteiger partial charge on any atom is 0.239 e. The molecule has 1 aliphatic rings. The summed E-state index contributed by atoms with van der Waals surface area (Å²) in [7, 11) is 0. The first-order valence-electron chi connectivity index (χ1n) is 7.04. The summed E-state index contributed by atoms with van der Waals surface area (Å²) in [6.07, 6.45) is 1.91. The van der Waals surface area contributed by atoms with Crippen LogP contribution in [-0.4, -0.2) is 50.7 Å². The molecule has 1 fully saturated rings. The summed E-state index contributed by atoms with van der Waals surface area (Å²) in [5.41, 5.74) is 0. The third kappa shape index (κ3) is 5.57. The van der Waals surface area contributed by atoms with E-state index < -0.39 is 0 Å². The van der Waals surface area contributed by atoms with Crippen LogP contribution in [0.15, 0.2) is 0 Å². The van der Waals surface area contributed by atoms with E-state index in [1.807, 2.05) is 6.92 Å². The largest absolute Gasteiger partial charge is 0.379 e. The van der Waals surface area contributed by atoms with Crippen molar-refractivity contribution in [1.29, 1.82) is 0 Å². The predicted molar refractivity (Wildman–Crippen MR) is 72.7 cm³/mol. The summed E-state index contributed by atoms with van der Waals surface area (Å²) in [6.45, 7) is 6.59. The lowest BCUT2D eigenvalue weighted by Crippen LogP contribution is -2.46. The van der Waals surface area contributed by atoms with Gasteiger partial charge in [-0.2, -0.15) is 0 Å². The van der Waals surface area contributed by atoms with Crippen molar-refractivity contribution in [2.75, 3.05) is 32.8 Å². The van der Waals surface area contributed by atoms with Crippen molar-refractivity contribution in [3.63, 3.8) is 0 Å². The zero-order valence-electron chi connectivity index (χ0n) is 11.8. The van der Waals surface area contributed by atoms with Crippen LogP contribution in [0.3, 0.4) is 0 Å². The number of hydrogen-bond acceptors (Lipinski definition) is 4. The molecule has 0 bridgehead atoms. The maximum absolute atomic E-state index is 12.0. The third-order valence-electron chi connectivity index (χ3n) is 3.07. The van der Waals surface area contributed by atoms with Gasteiger partial charge in [0.05, 0.1) is 25.7 Å². The van der Waals surface area contributed by atoms with Crippen LogP contribution >= 0.6 is 0 Å². The molecule has 2 atom stereocenters. The first-order valence-corrected chi connectivity index (χ1v) is 7.04. The van der Waals surface area contributed by atoms with Gasteiger partial charge in [0, 0.05) is 12.6 Å². The van der Waals surface area contributed by atoms with Crippen LogP contribution in [0.4, 0.5) is 0 Å². The SMILES string of the molecule is CCCNC(=O)CNC(=O)C1COCC1NCCC. The van der Waals surface area contributed by atoms with E-state index in [4.69, 9.17) is 4.74 Å². The van der Waals surface area contributed by atoms with E-state index in [-0.39, 0.29) is 30.3 Å². The molecule has 110 valence electrons. The number of rotatable bonds is 8. The highest BCUT2D eigenvalue weighted by Crippen LogP contribution is 2.13. The van der Waals surface area contributed by atoms with Gasteiger partial charge >= 0.3 is 0 Å². The molecule has 0 saturated carbocycles. The highest BCUT2D eigenvalue weighted by Gasteiger charge is 2.33. The number of ether oxygens (including phenoxy) is 1. The Kier molecular flexibility index (Phi) is 7.43. The topological polar surface area (TPSA) is 79.5 Å². The first-order chi connectivity index (χ1) is 9.19. The number of hydrogen-bond donors (Lipinski definition) is 3. The molecule has 0 radical (unpaired) electrons. The minimum atomic E-state index is -0.203. The fraction of sp³-hybridized carbons (Fsp3) is 0.846. The van der Waals surface area contributed by atoms with Crippen molar-refractivity contribution in [3.05, 3.63) is 0 Å². The lowest BCUT2D eigenvalue weighted by atomic mass is 10.0. The van der Waals surface area contributed by atoms with Gasteiger partial charge in [0.25, 0.3) is 0 Å². The van der Waals surface area contributed by atoms with Gasteiger partial charge in [0.2, 0.25) is 11.8 Å². The average molecular weight is 271 g/mol. The Balaban J connectivity index is 2.29. The van der Waals surface area contributed by atoms with E-state index in [2.05, 4.69) is 22.9 Å². The maximum atomic E-state index is 12.0. The van der Waals surface area contributed by atoms with Crippen molar-refractivity contribution >= 4 is 11.8 Å². The summed E-state index contributed by atoms with van der Waals surface area (Å²) in [5, 5.41) is 8.69. The van der Waals surface area contributed by atoms with Crippen molar-refractivity contribution in [2.24, 2.45) is 5.92 Å². The molecule has 0 spiro atoms. The smallest absolute Gasteiger partial charge is 0.239 e. The Morgan fingerprint density at radius 1 is 1.11 bits per heavy atom. The molecule has 0 aromatic rings. The number of amides is 2. The van der Waals surface area contributed by atoms with E-state index in [0.29, 0.717) is 19.8 Å². The second-order valence-corrected chi connectivity index (χ2v) is 4.77. The molecule has 0 aromatic heterocycles. The summed E-state index contributed by atoms with van der Waals surface area (Å²) < 4.78 is 5.34. The fourth-order valence-electron chi connectivity index (χ4n) is 1.97. The third-order valence-corrected chi connectivity index (χ3v) is 3.07. The van der Waals surface area contributed by atoms with E-state index >= 15 is 0 Å². The lowest BCUT2D eigenvalue weighted by Gasteiger charge is -2.18. The van der Waals surface area contributed by atoms with Crippen molar-refractivity contribution in [2.45, 2.75) is 32.7 Å². The number of carbonyl (C=O) groups excluding carboxylic acids is 2. The van der Waals surface area contributed by atoms with E-state index in [0.717, 1.165) is 19.4 Å². The molecule has 19 heavy (non-hydrogen) atoms. The zero-order valence-corrected chi connectivity index (χ0v) is 11.8. The van der Waals surface area contributed by atoms with Gasteiger partial charge in [-0.25, -0.2) is 0 Å². The average Bonchev–Trinajstić information content (AvgIpc) is 2.88. The monoisotopic (exact) mass is 271 g/mol. The predicted octanol–water partition coefficient (Wildman–Crippen LogP) is -0.357. The van der Waals surface area contributed by atoms with Gasteiger partial charge in [0.15, 0.2) is 0 Å². The molecule has 1 aliphatic heterocycles. The second kappa shape index (κ2) is 8.87. The quantitative estimate of drug-likeness (QED) is 0.563. The number of nitrogens with one attached hydrogen (secondary N) is 3. The minimum absolute atomic E-state index is 0.0375. The molecular formula is C13H25N3O3. The van der Waals surface area contributed by atoms with Crippen LogP contribution < -0.4 is 16.0 Å². The van der Waals surface area contributed by atoms with Crippen LogP contribution in [0.2, 0.25) is 0 Å². The van der Waals surface area contributed by atoms with Crippen LogP contribution in [-0.2, 0) is 14.3 Å². The van der Waals surface area contributed by atoms with Crippen molar-refractivity contribution in [3.8, 4) is 0 Å². The molecular weight excluding hydrogens is 246 g/mol. The molecule has 0 aliphatic carbocycles. The standard InChI is InChI=1S/C13H25N3O3/c1-3-5-14-11-9-19-8-10(11)13(18)16-7-12(17)15-6-4-2/h10-11,14H,3-9H2,1-2H3,(H,15,17)(H,16,18). The van der Waals surface area contributed by atoms with E-state index in [1.54, 1.807) is 0 Å². The van der Waals surface area contributed by atoms with Gasteiger partial charge in [-0.3, -0.25) is 9.59 Å². The van der Waals surface area contributed by atoms with Gasteiger partial charge in [-0.1, -0.05) is 13.8 Å². The first kappa shape index (κ1) is 15.9. The fourth-order valence-corrected chi connectivity index (χ4v) is 1.97. The van der Waals surface area contributed by atoms with Crippen LogP contribution in [0.5, 0.6) is 0 Å². The molecule has 1 heterocycles. The van der Waals surface area contributed by atoms with Gasteiger partial charge in [0.1, 0.15) is 0 Å². The Hall–Kier alpha value is -1.14. The Morgan fingerprint density at radius 2 is 1.84 bits per heavy atom. The second-order valence-electron chi connectivity index (χ2n) is 4.77. The molecule has 6 nitrogen and oxygen atoms in total. The molecule has 6 heteroatoms. The molecule has 1 rings (SSSR count). The van der Waals surface area contributed by atoms with E-state index in [1.165, 1.54) is 0 Å². The molecule has 2 amide bonds. The Bertz CT molecular complexity index is 297. The molecule has 1 saturated heterocycles. The summed E-state index contributed by atoms with van der Waals surface area (Å²) >= 11 is 0. The van der Waals surface area contributed by atoms with Gasteiger partial charge < -0.3 is 20.7 Å². The number of carbonyl (C=O) groups is 2. The van der Waals surface area contributed by atoms with Crippen LogP contribution in [0.1, 0.15) is 26.7 Å². The van der Waals surface area contributed by atoms with Crippen molar-refractivity contribution < 1.29 is 14.3 Å². The molecule has 2 unspecified atom stereocenters. The minimum Gasteiger partial charge on any atom is -0.379 e. The summed E-state index contributed by atoms with van der Waals surface area (Å²) in [5.74, 6) is -0.463. The summed E-state index contributed by atoms with van der Waals surface area (Å²) in [6, 6.07) is 0.0543. The van der Waals surface area contributed by atoms with Gasteiger partial charge in [-0.15, -0.1) is 0 Å². The summed E-state index contributed by atoms with van der Waals surface area (Å²) in [4.78, 5) is 23.4. The highest BCUT2D eigenvalue weighted by molar-refractivity contribution is 5.86.